The highest BCUT2D eigenvalue weighted by Gasteiger charge is 2.26. The van der Waals surface area contributed by atoms with Crippen LogP contribution >= 0.6 is 0 Å². The van der Waals surface area contributed by atoms with Gasteiger partial charge in [-0.15, -0.1) is 0 Å². The minimum Gasteiger partial charge on any atom is -0.482 e. The van der Waals surface area contributed by atoms with Crippen molar-refractivity contribution in [1.82, 2.24) is 4.72 Å². The Hall–Kier alpha value is -1.80. The number of hydrogen-bond donors (Lipinski definition) is 2. The summed E-state index contributed by atoms with van der Waals surface area (Å²) in [4.78, 5) is 11.2. The zero-order chi connectivity index (χ0) is 15.3. The van der Waals surface area contributed by atoms with Crippen molar-refractivity contribution >= 4 is 21.9 Å². The molecule has 1 aromatic carbocycles. The molecule has 1 saturated carbocycles. The third-order valence-electron chi connectivity index (χ3n) is 2.65. The number of hydrogen-bond acceptors (Lipinski definition) is 5. The number of carbonyl (C=O) groups is 1. The van der Waals surface area contributed by atoms with Crippen molar-refractivity contribution in [3.63, 3.8) is 0 Å². The fourth-order valence-electron chi connectivity index (χ4n) is 1.60. The van der Waals surface area contributed by atoms with E-state index in [9.17, 15) is 13.2 Å². The molecular formula is C13H18N2O5S. The van der Waals surface area contributed by atoms with Crippen LogP contribution in [-0.2, 0) is 19.7 Å². The second kappa shape index (κ2) is 6.77. The van der Waals surface area contributed by atoms with Gasteiger partial charge in [-0.2, -0.15) is 13.1 Å². The second-order valence-corrected chi connectivity index (χ2v) is 6.07. The van der Waals surface area contributed by atoms with Crippen LogP contribution in [0.15, 0.2) is 24.3 Å². The molecule has 0 atom stereocenters. The molecule has 1 aliphatic rings. The lowest BCUT2D eigenvalue weighted by Gasteiger charge is -2.10. The monoisotopic (exact) mass is 314 g/mol. The third-order valence-corrected chi connectivity index (χ3v) is 3.80. The summed E-state index contributed by atoms with van der Waals surface area (Å²) in [6, 6.07) is 6.40. The first kappa shape index (κ1) is 15.6. The van der Waals surface area contributed by atoms with Crippen LogP contribution in [0, 0.1) is 0 Å². The molecule has 0 aliphatic heterocycles. The molecule has 0 heterocycles. The Morgan fingerprint density at radius 3 is 2.81 bits per heavy atom. The van der Waals surface area contributed by atoms with E-state index in [4.69, 9.17) is 9.47 Å². The average Bonchev–Trinajstić information content (AvgIpc) is 3.20. The van der Waals surface area contributed by atoms with Gasteiger partial charge in [-0.05, 0) is 31.9 Å². The quantitative estimate of drug-likeness (QED) is 0.699. The standard InChI is InChI=1S/C13H18N2O5S/c1-2-19-13(16)9-20-12-5-3-4-11(8-12)15-21(17,18)14-10-6-7-10/h3-5,8,10,14-15H,2,6-7,9H2,1H3. The van der Waals surface area contributed by atoms with Gasteiger partial charge in [0.25, 0.3) is 10.2 Å². The van der Waals surface area contributed by atoms with Gasteiger partial charge in [-0.1, -0.05) is 6.07 Å². The van der Waals surface area contributed by atoms with Crippen molar-refractivity contribution in [3.05, 3.63) is 24.3 Å². The van der Waals surface area contributed by atoms with Gasteiger partial charge in [0.15, 0.2) is 6.61 Å². The fourth-order valence-corrected chi connectivity index (χ4v) is 2.77. The van der Waals surface area contributed by atoms with E-state index in [1.165, 1.54) is 6.07 Å². The number of ether oxygens (including phenoxy) is 2. The first-order valence-electron chi connectivity index (χ1n) is 6.67. The Morgan fingerprint density at radius 2 is 2.14 bits per heavy atom. The van der Waals surface area contributed by atoms with Crippen LogP contribution in [0.3, 0.4) is 0 Å². The van der Waals surface area contributed by atoms with Gasteiger partial charge in [0.05, 0.1) is 12.3 Å². The lowest BCUT2D eigenvalue weighted by Crippen LogP contribution is -2.31. The molecule has 8 heteroatoms. The first-order valence-corrected chi connectivity index (χ1v) is 8.15. The van der Waals surface area contributed by atoms with Crippen LogP contribution in [0.25, 0.3) is 0 Å². The lowest BCUT2D eigenvalue weighted by atomic mass is 10.3. The van der Waals surface area contributed by atoms with Crippen LogP contribution in [0.4, 0.5) is 5.69 Å². The van der Waals surface area contributed by atoms with Crippen LogP contribution in [0.1, 0.15) is 19.8 Å². The van der Waals surface area contributed by atoms with Crippen LogP contribution in [0.2, 0.25) is 0 Å². The molecule has 0 bridgehead atoms. The fraction of sp³-hybridized carbons (Fsp3) is 0.462. The van der Waals surface area contributed by atoms with E-state index in [1.807, 2.05) is 0 Å². The summed E-state index contributed by atoms with van der Waals surface area (Å²) >= 11 is 0. The van der Waals surface area contributed by atoms with Crippen LogP contribution in [0.5, 0.6) is 5.75 Å². The normalized spacial score (nSPS) is 14.5. The molecule has 1 aliphatic carbocycles. The smallest absolute Gasteiger partial charge is 0.344 e. The summed E-state index contributed by atoms with van der Waals surface area (Å²) in [6.07, 6.45) is 1.73. The molecule has 1 aromatic rings. The van der Waals surface area contributed by atoms with Gasteiger partial charge in [-0.3, -0.25) is 4.72 Å². The summed E-state index contributed by atoms with van der Waals surface area (Å²) < 4.78 is 38.4. The highest BCUT2D eigenvalue weighted by Crippen LogP contribution is 2.22. The molecule has 116 valence electrons. The van der Waals surface area contributed by atoms with Gasteiger partial charge in [0, 0.05) is 12.1 Å². The average molecular weight is 314 g/mol. The van der Waals surface area contributed by atoms with Crippen molar-refractivity contribution in [2.75, 3.05) is 17.9 Å². The molecule has 0 saturated heterocycles. The minimum atomic E-state index is -3.58. The number of benzene rings is 1. The van der Waals surface area contributed by atoms with Crippen LogP contribution in [-0.4, -0.2) is 33.6 Å². The Kier molecular flexibility index (Phi) is 5.03. The van der Waals surface area contributed by atoms with E-state index in [0.29, 0.717) is 11.4 Å². The molecule has 1 fully saturated rings. The third kappa shape index (κ3) is 5.60. The lowest BCUT2D eigenvalue weighted by molar-refractivity contribution is -0.145. The van der Waals surface area contributed by atoms with Gasteiger partial charge in [-0.25, -0.2) is 4.79 Å². The predicted octanol–water partition coefficient (Wildman–Crippen LogP) is 1.04. The molecule has 0 aromatic heterocycles. The molecule has 2 rings (SSSR count). The number of nitrogens with one attached hydrogen (secondary N) is 2. The highest BCUT2D eigenvalue weighted by molar-refractivity contribution is 7.90. The Labute approximate surface area is 123 Å². The van der Waals surface area contributed by atoms with E-state index < -0.39 is 16.2 Å². The minimum absolute atomic E-state index is 0.0331. The van der Waals surface area contributed by atoms with E-state index >= 15 is 0 Å². The van der Waals surface area contributed by atoms with Crippen molar-refractivity contribution in [1.29, 1.82) is 0 Å². The van der Waals surface area contributed by atoms with Gasteiger partial charge in [0.1, 0.15) is 5.75 Å². The van der Waals surface area contributed by atoms with Gasteiger partial charge < -0.3 is 9.47 Å². The zero-order valence-electron chi connectivity index (χ0n) is 11.7. The van der Waals surface area contributed by atoms with Crippen molar-refractivity contribution < 1.29 is 22.7 Å². The summed E-state index contributed by atoms with van der Waals surface area (Å²) in [5, 5.41) is 0. The number of carbonyl (C=O) groups excluding carboxylic acids is 1. The number of anilines is 1. The van der Waals surface area contributed by atoms with Crippen LogP contribution < -0.4 is 14.2 Å². The Morgan fingerprint density at radius 1 is 1.38 bits per heavy atom. The largest absolute Gasteiger partial charge is 0.482 e. The Balaban J connectivity index is 1.92. The maximum atomic E-state index is 11.8. The summed E-state index contributed by atoms with van der Waals surface area (Å²) in [5.74, 6) is -0.0893. The zero-order valence-corrected chi connectivity index (χ0v) is 12.5. The van der Waals surface area contributed by atoms with Crippen molar-refractivity contribution in [3.8, 4) is 5.75 Å². The molecule has 0 spiro atoms. The maximum Gasteiger partial charge on any atom is 0.344 e. The summed E-state index contributed by atoms with van der Waals surface area (Å²) in [7, 11) is -3.58. The van der Waals surface area contributed by atoms with E-state index in [1.54, 1.807) is 25.1 Å². The topological polar surface area (TPSA) is 93.7 Å². The molecule has 7 nitrogen and oxygen atoms in total. The molecular weight excluding hydrogens is 296 g/mol. The SMILES string of the molecule is CCOC(=O)COc1cccc(NS(=O)(=O)NC2CC2)c1. The first-order chi connectivity index (χ1) is 9.98. The number of rotatable bonds is 8. The Bertz CT molecular complexity index is 598. The van der Waals surface area contributed by atoms with E-state index in [2.05, 4.69) is 9.44 Å². The molecule has 0 unspecified atom stereocenters. The predicted molar refractivity (Wildman–Crippen MR) is 77.3 cm³/mol. The molecule has 2 N–H and O–H groups in total. The molecule has 21 heavy (non-hydrogen) atoms. The van der Waals surface area contributed by atoms with Crippen molar-refractivity contribution in [2.24, 2.45) is 0 Å². The second-order valence-electron chi connectivity index (χ2n) is 4.62. The highest BCUT2D eigenvalue weighted by atomic mass is 32.2. The van der Waals surface area contributed by atoms with Gasteiger partial charge in [0.2, 0.25) is 0 Å². The molecule has 0 radical (unpaired) electrons. The van der Waals surface area contributed by atoms with E-state index in [0.717, 1.165) is 12.8 Å². The maximum absolute atomic E-state index is 11.8. The summed E-state index contributed by atoms with van der Waals surface area (Å²) in [5.41, 5.74) is 0.365. The van der Waals surface area contributed by atoms with Gasteiger partial charge >= 0.3 is 5.97 Å². The van der Waals surface area contributed by atoms with Crippen molar-refractivity contribution in [2.45, 2.75) is 25.8 Å². The number of esters is 1. The van der Waals surface area contributed by atoms with E-state index in [-0.39, 0.29) is 19.3 Å². The summed E-state index contributed by atoms with van der Waals surface area (Å²) in [6.45, 7) is 1.78. The molecule has 0 amide bonds.